The van der Waals surface area contributed by atoms with Crippen molar-refractivity contribution in [1.29, 1.82) is 0 Å². The summed E-state index contributed by atoms with van der Waals surface area (Å²) in [6, 6.07) is 0. The summed E-state index contributed by atoms with van der Waals surface area (Å²) < 4.78 is 4.16. The Morgan fingerprint density at radius 1 is 1.29 bits per heavy atom. The molecule has 1 aliphatic heterocycles. The molecule has 0 aromatic carbocycles. The Morgan fingerprint density at radius 3 is 2.43 bits per heavy atom. The number of halogens is 2. The molecular weight excluding hydrogens is 243 g/mol. The monoisotopic (exact) mass is 256 g/mol. The summed E-state index contributed by atoms with van der Waals surface area (Å²) in [4.78, 5) is 6.62. The van der Waals surface area contributed by atoms with Gasteiger partial charge in [0.15, 0.2) is 0 Å². The van der Waals surface area contributed by atoms with E-state index >= 15 is 0 Å². The highest BCUT2D eigenvalue weighted by atomic mass is 35.5. The van der Waals surface area contributed by atoms with Gasteiger partial charge in [0.25, 0.3) is 0 Å². The molecule has 0 spiro atoms. The maximum atomic E-state index is 4.34. The number of piperazine rings is 1. The molecule has 1 N–H and O–H groups in total. The molecule has 82 valence electrons. The largest absolute Gasteiger partial charge is 0.344 e. The van der Waals surface area contributed by atoms with Crippen LogP contribution in [0.4, 0.5) is 5.13 Å². The van der Waals surface area contributed by atoms with E-state index in [1.54, 1.807) is 0 Å². The van der Waals surface area contributed by atoms with Gasteiger partial charge in [-0.2, -0.15) is 4.37 Å². The third-order valence-corrected chi connectivity index (χ3v) is 2.77. The average molecular weight is 257 g/mol. The lowest BCUT2D eigenvalue weighted by molar-refractivity contribution is 0.588. The van der Waals surface area contributed by atoms with Crippen LogP contribution in [0.3, 0.4) is 0 Å². The van der Waals surface area contributed by atoms with E-state index in [-0.39, 0.29) is 24.8 Å². The molecule has 7 heteroatoms. The maximum Gasteiger partial charge on any atom is 0.205 e. The number of nitrogens with zero attached hydrogens (tertiary/aromatic N) is 3. The molecule has 0 radical (unpaired) electrons. The fraction of sp³-hybridized carbons (Fsp3) is 0.714. The lowest BCUT2D eigenvalue weighted by Crippen LogP contribution is -2.43. The van der Waals surface area contributed by atoms with Crippen molar-refractivity contribution in [2.24, 2.45) is 0 Å². The summed E-state index contributed by atoms with van der Waals surface area (Å²) in [6.45, 7) is 6.14. The van der Waals surface area contributed by atoms with Gasteiger partial charge in [0, 0.05) is 37.7 Å². The zero-order chi connectivity index (χ0) is 8.39. The van der Waals surface area contributed by atoms with Gasteiger partial charge in [-0.3, -0.25) is 0 Å². The summed E-state index contributed by atoms with van der Waals surface area (Å²) in [5.74, 6) is 0.883. The first-order chi connectivity index (χ1) is 5.86. The lowest BCUT2D eigenvalue weighted by atomic mass is 10.4. The molecule has 4 nitrogen and oxygen atoms in total. The van der Waals surface area contributed by atoms with Gasteiger partial charge in [0.05, 0.1) is 0 Å². The number of aromatic nitrogens is 2. The molecule has 1 aromatic rings. The van der Waals surface area contributed by atoms with Crippen LogP contribution in [-0.2, 0) is 0 Å². The SMILES string of the molecule is Cc1nsc(N2CCNCC2)n1.Cl.Cl. The molecular formula is C7H14Cl2N4S. The van der Waals surface area contributed by atoms with E-state index in [0.29, 0.717) is 0 Å². The van der Waals surface area contributed by atoms with Crippen molar-refractivity contribution in [3.8, 4) is 0 Å². The quantitative estimate of drug-likeness (QED) is 0.818. The summed E-state index contributed by atoms with van der Waals surface area (Å²) in [5, 5.41) is 4.37. The second kappa shape index (κ2) is 6.40. The molecule has 1 fully saturated rings. The molecule has 0 atom stereocenters. The standard InChI is InChI=1S/C7H12N4S.2ClH/c1-6-9-7(12-10-6)11-4-2-8-3-5-11;;/h8H,2-5H2,1H3;2*1H. The van der Waals surface area contributed by atoms with Crippen LogP contribution in [0, 0.1) is 6.92 Å². The Bertz CT molecular complexity index is 262. The Hall–Kier alpha value is -0.100. The third-order valence-electron chi connectivity index (χ3n) is 1.90. The van der Waals surface area contributed by atoms with E-state index in [2.05, 4.69) is 19.6 Å². The molecule has 0 saturated carbocycles. The number of aryl methyl sites for hydroxylation is 1. The average Bonchev–Trinajstić information content (AvgIpc) is 2.54. The highest BCUT2D eigenvalue weighted by Gasteiger charge is 2.13. The minimum absolute atomic E-state index is 0. The molecule has 1 aliphatic rings. The van der Waals surface area contributed by atoms with Gasteiger partial charge < -0.3 is 10.2 Å². The third kappa shape index (κ3) is 3.24. The highest BCUT2D eigenvalue weighted by Crippen LogP contribution is 2.16. The number of nitrogens with one attached hydrogen (secondary N) is 1. The van der Waals surface area contributed by atoms with Gasteiger partial charge in [0.2, 0.25) is 5.13 Å². The van der Waals surface area contributed by atoms with Gasteiger partial charge in [-0.15, -0.1) is 24.8 Å². The van der Waals surface area contributed by atoms with Crippen molar-refractivity contribution in [2.75, 3.05) is 31.1 Å². The van der Waals surface area contributed by atoms with Gasteiger partial charge in [-0.1, -0.05) is 0 Å². The predicted molar refractivity (Wildman–Crippen MR) is 64.2 cm³/mol. The summed E-state index contributed by atoms with van der Waals surface area (Å²) in [5.41, 5.74) is 0. The summed E-state index contributed by atoms with van der Waals surface area (Å²) in [6.07, 6.45) is 0. The topological polar surface area (TPSA) is 41.1 Å². The summed E-state index contributed by atoms with van der Waals surface area (Å²) in [7, 11) is 0. The van der Waals surface area contributed by atoms with Crippen LogP contribution in [0.25, 0.3) is 0 Å². The lowest BCUT2D eigenvalue weighted by Gasteiger charge is -2.26. The highest BCUT2D eigenvalue weighted by molar-refractivity contribution is 7.09. The van der Waals surface area contributed by atoms with Crippen LogP contribution in [-0.4, -0.2) is 35.5 Å². The predicted octanol–water partition coefficient (Wildman–Crippen LogP) is 1.10. The number of rotatable bonds is 1. The van der Waals surface area contributed by atoms with Crippen LogP contribution in [0.2, 0.25) is 0 Å². The first-order valence-corrected chi connectivity index (χ1v) is 4.89. The van der Waals surface area contributed by atoms with Gasteiger partial charge >= 0.3 is 0 Å². The smallest absolute Gasteiger partial charge is 0.205 e. The molecule has 0 aliphatic carbocycles. The molecule has 0 unspecified atom stereocenters. The second-order valence-electron chi connectivity index (χ2n) is 2.86. The molecule has 0 amide bonds. The summed E-state index contributed by atoms with van der Waals surface area (Å²) >= 11 is 1.49. The molecule has 2 heterocycles. The van der Waals surface area contributed by atoms with Crippen LogP contribution in [0.5, 0.6) is 0 Å². The van der Waals surface area contributed by atoms with E-state index < -0.39 is 0 Å². The fourth-order valence-corrected chi connectivity index (χ4v) is 2.00. The van der Waals surface area contributed by atoms with Crippen molar-refractivity contribution in [2.45, 2.75) is 6.92 Å². The van der Waals surface area contributed by atoms with Crippen molar-refractivity contribution >= 4 is 41.5 Å². The first kappa shape index (κ1) is 13.9. The Morgan fingerprint density at radius 2 is 1.93 bits per heavy atom. The van der Waals surface area contributed by atoms with Crippen molar-refractivity contribution in [3.63, 3.8) is 0 Å². The zero-order valence-electron chi connectivity index (χ0n) is 7.89. The zero-order valence-corrected chi connectivity index (χ0v) is 10.3. The molecule has 14 heavy (non-hydrogen) atoms. The first-order valence-electron chi connectivity index (χ1n) is 4.12. The van der Waals surface area contributed by atoms with Crippen molar-refractivity contribution in [1.82, 2.24) is 14.7 Å². The van der Waals surface area contributed by atoms with Gasteiger partial charge in [-0.05, 0) is 6.92 Å². The molecule has 2 rings (SSSR count). The minimum Gasteiger partial charge on any atom is -0.344 e. The van der Waals surface area contributed by atoms with E-state index in [1.807, 2.05) is 6.92 Å². The second-order valence-corrected chi connectivity index (χ2v) is 3.59. The fourth-order valence-electron chi connectivity index (χ4n) is 1.27. The van der Waals surface area contributed by atoms with Gasteiger partial charge in [-0.25, -0.2) is 4.98 Å². The normalized spacial score (nSPS) is 15.6. The van der Waals surface area contributed by atoms with Crippen LogP contribution < -0.4 is 10.2 Å². The Labute approximate surface area is 100 Å². The van der Waals surface area contributed by atoms with Crippen molar-refractivity contribution in [3.05, 3.63) is 5.82 Å². The van der Waals surface area contributed by atoms with E-state index in [9.17, 15) is 0 Å². The minimum atomic E-state index is 0. The number of hydrogen-bond donors (Lipinski definition) is 1. The maximum absolute atomic E-state index is 4.34. The Kier molecular flexibility index (Phi) is 6.35. The Balaban J connectivity index is 0.000000845. The van der Waals surface area contributed by atoms with Crippen molar-refractivity contribution < 1.29 is 0 Å². The molecule has 1 aromatic heterocycles. The number of hydrogen-bond acceptors (Lipinski definition) is 5. The molecule has 1 saturated heterocycles. The van der Waals surface area contributed by atoms with Gasteiger partial charge in [0.1, 0.15) is 5.82 Å². The van der Waals surface area contributed by atoms with Crippen LogP contribution in [0.15, 0.2) is 0 Å². The van der Waals surface area contributed by atoms with E-state index in [1.165, 1.54) is 11.5 Å². The number of anilines is 1. The van der Waals surface area contributed by atoms with E-state index in [0.717, 1.165) is 37.1 Å². The van der Waals surface area contributed by atoms with E-state index in [4.69, 9.17) is 0 Å². The molecule has 0 bridgehead atoms. The van der Waals surface area contributed by atoms with Crippen LogP contribution in [0.1, 0.15) is 5.82 Å². The van der Waals surface area contributed by atoms with Crippen LogP contribution >= 0.6 is 36.3 Å².